The third-order valence-corrected chi connectivity index (χ3v) is 3.74. The van der Waals surface area contributed by atoms with Crippen LogP contribution in [-0.2, 0) is 16.0 Å². The Balaban J connectivity index is 1.62. The summed E-state index contributed by atoms with van der Waals surface area (Å²) in [5, 5.41) is 2.82. The minimum absolute atomic E-state index is 0.0359. The van der Waals surface area contributed by atoms with Gasteiger partial charge in [-0.05, 0) is 42.9 Å². The molecule has 1 atom stereocenters. The molecule has 1 N–H and O–H groups in total. The summed E-state index contributed by atoms with van der Waals surface area (Å²) >= 11 is 0. The van der Waals surface area contributed by atoms with Crippen molar-refractivity contribution in [3.63, 3.8) is 0 Å². The highest BCUT2D eigenvalue weighted by molar-refractivity contribution is 5.95. The van der Waals surface area contributed by atoms with Crippen LogP contribution in [0, 0.1) is 5.92 Å². The Bertz CT molecular complexity index is 485. The molecule has 2 amide bonds. The number of rotatable bonds is 4. The van der Waals surface area contributed by atoms with Crippen LogP contribution in [0.15, 0.2) is 24.5 Å². The van der Waals surface area contributed by atoms with Crippen LogP contribution in [0.4, 0.5) is 0 Å². The van der Waals surface area contributed by atoms with Gasteiger partial charge in [0.2, 0.25) is 11.8 Å². The first-order valence-corrected chi connectivity index (χ1v) is 6.71. The van der Waals surface area contributed by atoms with Crippen molar-refractivity contribution >= 4 is 11.8 Å². The van der Waals surface area contributed by atoms with E-state index in [-0.39, 0.29) is 24.4 Å². The second kappa shape index (κ2) is 4.99. The van der Waals surface area contributed by atoms with E-state index in [0.717, 1.165) is 24.8 Å². The minimum atomic E-state index is -0.279. The number of hydrogen-bond donors (Lipinski definition) is 1. The Labute approximate surface area is 112 Å². The van der Waals surface area contributed by atoms with Gasteiger partial charge in [-0.1, -0.05) is 0 Å². The molecule has 0 radical (unpaired) electrons. The molecule has 3 rings (SSSR count). The molecule has 2 fully saturated rings. The van der Waals surface area contributed by atoms with Crippen LogP contribution >= 0.6 is 0 Å². The number of piperazine rings is 1. The normalized spacial score (nSPS) is 23.4. The van der Waals surface area contributed by atoms with Crippen LogP contribution in [-0.4, -0.2) is 40.8 Å². The molecule has 1 aliphatic heterocycles. The molecule has 0 bridgehead atoms. The third kappa shape index (κ3) is 2.75. The standard InChI is InChI=1S/C14H17N3O2/c18-12-9-17(8-5-10-3-6-15-7-4-10)14(19)13(16-12)11-1-2-11/h3-4,6-7,11,13H,1-2,5,8-9H2,(H,16,18). The average Bonchev–Trinajstić information content (AvgIpc) is 3.25. The summed E-state index contributed by atoms with van der Waals surface area (Å²) in [6.45, 7) is 0.784. The van der Waals surface area contributed by atoms with E-state index in [1.54, 1.807) is 17.3 Å². The van der Waals surface area contributed by atoms with E-state index >= 15 is 0 Å². The molecule has 0 aromatic carbocycles. The zero-order chi connectivity index (χ0) is 13.2. The number of amides is 2. The smallest absolute Gasteiger partial charge is 0.245 e. The lowest BCUT2D eigenvalue weighted by molar-refractivity contribution is -0.144. The highest BCUT2D eigenvalue weighted by Crippen LogP contribution is 2.34. The maximum absolute atomic E-state index is 12.3. The Morgan fingerprint density at radius 1 is 1.26 bits per heavy atom. The van der Waals surface area contributed by atoms with Crippen LogP contribution in [0.2, 0.25) is 0 Å². The Hall–Kier alpha value is -1.91. The minimum Gasteiger partial charge on any atom is -0.342 e. The fourth-order valence-electron chi connectivity index (χ4n) is 2.48. The van der Waals surface area contributed by atoms with Gasteiger partial charge in [0.1, 0.15) is 6.04 Å². The largest absolute Gasteiger partial charge is 0.342 e. The predicted octanol–water partition coefficient (Wildman–Crippen LogP) is 0.361. The Kier molecular flexibility index (Phi) is 3.19. The molecule has 1 aromatic heterocycles. The van der Waals surface area contributed by atoms with Crippen molar-refractivity contribution in [1.82, 2.24) is 15.2 Å². The summed E-state index contributed by atoms with van der Waals surface area (Å²) in [4.78, 5) is 29.6. The van der Waals surface area contributed by atoms with Crippen molar-refractivity contribution in [3.8, 4) is 0 Å². The van der Waals surface area contributed by atoms with Crippen LogP contribution in [0.25, 0.3) is 0 Å². The summed E-state index contributed by atoms with van der Waals surface area (Å²) < 4.78 is 0. The summed E-state index contributed by atoms with van der Waals surface area (Å²) in [6, 6.07) is 3.60. The third-order valence-electron chi connectivity index (χ3n) is 3.74. The topological polar surface area (TPSA) is 62.3 Å². The Morgan fingerprint density at radius 2 is 2.00 bits per heavy atom. The summed E-state index contributed by atoms with van der Waals surface area (Å²) in [5.41, 5.74) is 1.14. The molecule has 2 heterocycles. The maximum Gasteiger partial charge on any atom is 0.245 e. The van der Waals surface area contributed by atoms with E-state index in [1.807, 2.05) is 12.1 Å². The van der Waals surface area contributed by atoms with Crippen LogP contribution in [0.5, 0.6) is 0 Å². The first-order valence-electron chi connectivity index (χ1n) is 6.71. The lowest BCUT2D eigenvalue weighted by Gasteiger charge is -2.32. The summed E-state index contributed by atoms with van der Waals surface area (Å²) in [7, 11) is 0. The van der Waals surface area contributed by atoms with E-state index in [0.29, 0.717) is 12.5 Å². The fraction of sp³-hybridized carbons (Fsp3) is 0.500. The van der Waals surface area contributed by atoms with Gasteiger partial charge in [0.05, 0.1) is 6.54 Å². The van der Waals surface area contributed by atoms with Gasteiger partial charge in [-0.25, -0.2) is 0 Å². The lowest BCUT2D eigenvalue weighted by atomic mass is 10.1. The molecule has 5 heteroatoms. The molecule has 1 unspecified atom stereocenters. The monoisotopic (exact) mass is 259 g/mol. The predicted molar refractivity (Wildman–Crippen MR) is 69.2 cm³/mol. The number of nitrogens with zero attached hydrogens (tertiary/aromatic N) is 2. The number of carbonyl (C=O) groups is 2. The fourth-order valence-corrected chi connectivity index (χ4v) is 2.48. The number of nitrogens with one attached hydrogen (secondary N) is 1. The Morgan fingerprint density at radius 3 is 2.68 bits per heavy atom. The van der Waals surface area contributed by atoms with Crippen LogP contribution in [0.1, 0.15) is 18.4 Å². The van der Waals surface area contributed by atoms with E-state index < -0.39 is 0 Å². The van der Waals surface area contributed by atoms with Crippen molar-refractivity contribution in [1.29, 1.82) is 0 Å². The van der Waals surface area contributed by atoms with Gasteiger partial charge in [-0.15, -0.1) is 0 Å². The highest BCUT2D eigenvalue weighted by atomic mass is 16.2. The quantitative estimate of drug-likeness (QED) is 0.849. The highest BCUT2D eigenvalue weighted by Gasteiger charge is 2.42. The molecular weight excluding hydrogens is 242 g/mol. The van der Waals surface area contributed by atoms with Crippen molar-refractivity contribution in [2.45, 2.75) is 25.3 Å². The van der Waals surface area contributed by atoms with Crippen molar-refractivity contribution < 1.29 is 9.59 Å². The molecule has 0 spiro atoms. The molecule has 1 aromatic rings. The molecular formula is C14H17N3O2. The van der Waals surface area contributed by atoms with Crippen molar-refractivity contribution in [2.24, 2.45) is 5.92 Å². The van der Waals surface area contributed by atoms with E-state index in [4.69, 9.17) is 0 Å². The zero-order valence-electron chi connectivity index (χ0n) is 10.7. The second-order valence-corrected chi connectivity index (χ2v) is 5.25. The summed E-state index contributed by atoms with van der Waals surface area (Å²) in [5.74, 6) is 0.405. The number of hydrogen-bond acceptors (Lipinski definition) is 3. The van der Waals surface area contributed by atoms with E-state index in [2.05, 4.69) is 10.3 Å². The van der Waals surface area contributed by atoms with Gasteiger partial charge in [0, 0.05) is 18.9 Å². The molecule has 1 saturated carbocycles. The van der Waals surface area contributed by atoms with Crippen LogP contribution < -0.4 is 5.32 Å². The number of pyridine rings is 1. The molecule has 100 valence electrons. The average molecular weight is 259 g/mol. The molecule has 1 aliphatic carbocycles. The van der Waals surface area contributed by atoms with Crippen molar-refractivity contribution in [2.75, 3.05) is 13.1 Å². The molecule has 1 saturated heterocycles. The summed E-state index contributed by atoms with van der Waals surface area (Å²) in [6.07, 6.45) is 6.35. The van der Waals surface area contributed by atoms with Gasteiger partial charge in [0.25, 0.3) is 0 Å². The maximum atomic E-state index is 12.3. The van der Waals surface area contributed by atoms with Gasteiger partial charge in [0.15, 0.2) is 0 Å². The number of carbonyl (C=O) groups excluding carboxylic acids is 2. The SMILES string of the molecule is O=C1CN(CCc2ccncc2)C(=O)C(C2CC2)N1. The van der Waals surface area contributed by atoms with Gasteiger partial charge in [-0.2, -0.15) is 0 Å². The molecule has 5 nitrogen and oxygen atoms in total. The van der Waals surface area contributed by atoms with Crippen LogP contribution in [0.3, 0.4) is 0 Å². The second-order valence-electron chi connectivity index (χ2n) is 5.25. The van der Waals surface area contributed by atoms with Gasteiger partial charge < -0.3 is 10.2 Å². The first-order chi connectivity index (χ1) is 9.24. The van der Waals surface area contributed by atoms with Gasteiger partial charge >= 0.3 is 0 Å². The van der Waals surface area contributed by atoms with E-state index in [1.165, 1.54) is 0 Å². The molecule has 2 aliphatic rings. The van der Waals surface area contributed by atoms with Gasteiger partial charge in [-0.3, -0.25) is 14.6 Å². The lowest BCUT2D eigenvalue weighted by Crippen LogP contribution is -2.59. The van der Waals surface area contributed by atoms with E-state index in [9.17, 15) is 9.59 Å². The first kappa shape index (κ1) is 12.1. The number of aromatic nitrogens is 1. The van der Waals surface area contributed by atoms with Crippen molar-refractivity contribution in [3.05, 3.63) is 30.1 Å². The zero-order valence-corrected chi connectivity index (χ0v) is 10.7. The molecule has 19 heavy (non-hydrogen) atoms.